The van der Waals surface area contributed by atoms with Gasteiger partial charge in [-0.25, -0.2) is 0 Å². The van der Waals surface area contributed by atoms with Crippen molar-refractivity contribution in [1.29, 1.82) is 0 Å². The largest absolute Gasteiger partial charge is 0.497 e. The van der Waals surface area contributed by atoms with Crippen molar-refractivity contribution in [3.63, 3.8) is 0 Å². The van der Waals surface area contributed by atoms with Crippen LogP contribution in [-0.2, 0) is 19.1 Å². The van der Waals surface area contributed by atoms with Crippen LogP contribution in [0.1, 0.15) is 44.9 Å². The smallest absolute Gasteiger partial charge is 0.310 e. The topological polar surface area (TPSA) is 96.4 Å². The van der Waals surface area contributed by atoms with Gasteiger partial charge in [0.2, 0.25) is 5.91 Å². The number of aliphatic hydroxyl groups is 1. The molecule has 5 atom stereocenters. The van der Waals surface area contributed by atoms with Crippen molar-refractivity contribution in [2.45, 2.75) is 61.0 Å². The van der Waals surface area contributed by atoms with Gasteiger partial charge in [0.05, 0.1) is 30.3 Å². The lowest BCUT2D eigenvalue weighted by atomic mass is 9.71. The molecule has 1 spiro atoms. The van der Waals surface area contributed by atoms with Crippen LogP contribution in [0.2, 0.25) is 0 Å². The van der Waals surface area contributed by atoms with Crippen LogP contribution in [0.3, 0.4) is 0 Å². The Kier molecular flexibility index (Phi) is 9.77. The Morgan fingerprint density at radius 1 is 1.18 bits per heavy atom. The van der Waals surface area contributed by atoms with E-state index < -0.39 is 22.6 Å². The molecule has 1 aromatic carbocycles. The first-order valence-electron chi connectivity index (χ1n) is 13.9. The number of aliphatic hydroxyl groups excluding tert-OH is 1. The van der Waals surface area contributed by atoms with Gasteiger partial charge >= 0.3 is 5.97 Å². The molecule has 2 unspecified atom stereocenters. The molecular formula is C30H40N2O6S. The maximum absolute atomic E-state index is 14.4. The van der Waals surface area contributed by atoms with Gasteiger partial charge in [-0.15, -0.1) is 24.9 Å². The van der Waals surface area contributed by atoms with Gasteiger partial charge in [0.15, 0.2) is 0 Å². The van der Waals surface area contributed by atoms with Gasteiger partial charge in [-0.3, -0.25) is 14.4 Å². The summed E-state index contributed by atoms with van der Waals surface area (Å²) in [4.78, 5) is 45.1. The van der Waals surface area contributed by atoms with Crippen molar-refractivity contribution in [2.75, 3.05) is 38.3 Å². The molecule has 0 radical (unpaired) electrons. The first kappa shape index (κ1) is 29.2. The Hall–Kier alpha value is -2.78. The number of anilines is 1. The number of likely N-dealkylation sites (tertiary alicyclic amines) is 1. The van der Waals surface area contributed by atoms with Crippen LogP contribution in [0.15, 0.2) is 49.6 Å². The summed E-state index contributed by atoms with van der Waals surface area (Å²) in [7, 11) is 1.59. The molecule has 1 aromatic rings. The van der Waals surface area contributed by atoms with Crippen LogP contribution in [0, 0.1) is 11.8 Å². The third-order valence-corrected chi connectivity index (χ3v) is 10.1. The number of esters is 1. The van der Waals surface area contributed by atoms with Crippen LogP contribution >= 0.6 is 11.8 Å². The van der Waals surface area contributed by atoms with Crippen molar-refractivity contribution in [1.82, 2.24) is 4.90 Å². The normalized spacial score (nSPS) is 26.8. The van der Waals surface area contributed by atoms with Crippen LogP contribution in [-0.4, -0.2) is 77.2 Å². The minimum Gasteiger partial charge on any atom is -0.497 e. The van der Waals surface area contributed by atoms with E-state index in [1.807, 2.05) is 18.2 Å². The molecule has 8 nitrogen and oxygen atoms in total. The zero-order chi connectivity index (χ0) is 28.0. The predicted molar refractivity (Wildman–Crippen MR) is 153 cm³/mol. The number of methoxy groups -OCH3 is 1. The number of thioether (sulfide) groups is 1. The molecule has 0 aromatic heterocycles. The summed E-state index contributed by atoms with van der Waals surface area (Å²) >= 11 is 1.63. The molecule has 3 aliphatic heterocycles. The molecule has 3 heterocycles. The van der Waals surface area contributed by atoms with E-state index in [1.165, 1.54) is 0 Å². The molecule has 4 rings (SSSR count). The number of nitrogens with zero attached hydrogens (tertiary/aromatic N) is 2. The zero-order valence-corrected chi connectivity index (χ0v) is 23.6. The molecule has 0 saturated carbocycles. The number of amides is 2. The molecule has 2 amide bonds. The summed E-state index contributed by atoms with van der Waals surface area (Å²) in [6.07, 6.45) is 8.60. The second kappa shape index (κ2) is 13.0. The van der Waals surface area contributed by atoms with Crippen molar-refractivity contribution in [2.24, 2.45) is 11.8 Å². The van der Waals surface area contributed by atoms with Gasteiger partial charge in [0, 0.05) is 30.6 Å². The SMILES string of the molecule is C=CCCCCOC(=O)[C@@H]1[C@@H]2CCC3(S2)C(C(=O)N(CC=C)c2ccc(OC)cc2)N(CCCCO)C(=O)[C@H]13. The van der Waals surface area contributed by atoms with E-state index in [4.69, 9.17) is 9.47 Å². The fourth-order valence-electron chi connectivity index (χ4n) is 6.36. The first-order chi connectivity index (χ1) is 18.9. The average molecular weight is 557 g/mol. The number of hydrogen-bond acceptors (Lipinski definition) is 7. The highest BCUT2D eigenvalue weighted by molar-refractivity contribution is 8.02. The zero-order valence-electron chi connectivity index (χ0n) is 22.8. The van der Waals surface area contributed by atoms with Gasteiger partial charge in [0.25, 0.3) is 5.91 Å². The number of carbonyl (C=O) groups excluding carboxylic acids is 3. The van der Waals surface area contributed by atoms with E-state index in [0.29, 0.717) is 43.9 Å². The molecule has 1 N–H and O–H groups in total. The third-order valence-electron chi connectivity index (χ3n) is 8.12. The van der Waals surface area contributed by atoms with Crippen LogP contribution in [0.4, 0.5) is 5.69 Å². The van der Waals surface area contributed by atoms with E-state index >= 15 is 0 Å². The van der Waals surface area contributed by atoms with Crippen molar-refractivity contribution < 1.29 is 29.0 Å². The van der Waals surface area contributed by atoms with Crippen molar-refractivity contribution >= 4 is 35.2 Å². The fraction of sp³-hybridized carbons (Fsp3) is 0.567. The molecule has 3 saturated heterocycles. The van der Waals surface area contributed by atoms with Gasteiger partial charge < -0.3 is 24.4 Å². The van der Waals surface area contributed by atoms with E-state index in [0.717, 1.165) is 25.7 Å². The molecule has 212 valence electrons. The summed E-state index contributed by atoms with van der Waals surface area (Å²) in [6, 6.07) is 6.55. The molecule has 2 bridgehead atoms. The summed E-state index contributed by atoms with van der Waals surface area (Å²) in [6.45, 7) is 8.56. The number of allylic oxidation sites excluding steroid dienone is 1. The maximum atomic E-state index is 14.4. The van der Waals surface area contributed by atoms with Crippen LogP contribution < -0.4 is 9.64 Å². The summed E-state index contributed by atoms with van der Waals surface area (Å²) in [5.41, 5.74) is 0.691. The third kappa shape index (κ3) is 5.61. The van der Waals surface area contributed by atoms with E-state index in [-0.39, 0.29) is 36.2 Å². The Bertz CT molecular complexity index is 1060. The highest BCUT2D eigenvalue weighted by Gasteiger charge is 2.74. The Morgan fingerprint density at radius 3 is 2.62 bits per heavy atom. The van der Waals surface area contributed by atoms with E-state index in [2.05, 4.69) is 13.2 Å². The lowest BCUT2D eigenvalue weighted by Crippen LogP contribution is -2.55. The number of hydrogen-bond donors (Lipinski definition) is 1. The Balaban J connectivity index is 1.64. The number of rotatable bonds is 15. The van der Waals surface area contributed by atoms with Crippen molar-refractivity contribution in [3.8, 4) is 5.75 Å². The van der Waals surface area contributed by atoms with E-state index in [1.54, 1.807) is 46.9 Å². The maximum Gasteiger partial charge on any atom is 0.310 e. The predicted octanol–water partition coefficient (Wildman–Crippen LogP) is 3.98. The molecule has 3 fully saturated rings. The highest BCUT2D eigenvalue weighted by atomic mass is 32.2. The number of fused-ring (bicyclic) bond motifs is 1. The average Bonchev–Trinajstić information content (AvgIpc) is 3.59. The van der Waals surface area contributed by atoms with Gasteiger partial charge in [-0.05, 0) is 69.2 Å². The van der Waals surface area contributed by atoms with Crippen LogP contribution in [0.5, 0.6) is 5.75 Å². The molecule has 0 aliphatic carbocycles. The van der Waals surface area contributed by atoms with Gasteiger partial charge in [-0.1, -0.05) is 12.2 Å². The second-order valence-corrected chi connectivity index (χ2v) is 12.0. The first-order valence-corrected chi connectivity index (χ1v) is 14.7. The minimum atomic E-state index is -0.712. The lowest BCUT2D eigenvalue weighted by Gasteiger charge is -2.37. The summed E-state index contributed by atoms with van der Waals surface area (Å²) in [5, 5.41) is 9.34. The molecule has 39 heavy (non-hydrogen) atoms. The number of unbranched alkanes of at least 4 members (excludes halogenated alkanes) is 3. The molecule has 3 aliphatic rings. The van der Waals surface area contributed by atoms with Gasteiger partial charge in [0.1, 0.15) is 11.8 Å². The number of benzene rings is 1. The standard InChI is InChI=1S/C30H40N2O6S/c1-4-6-7-10-20-38-29(36)24-23-15-16-30(39-23)25(24)27(34)32(18-8-9-19-33)26(30)28(35)31(17-5-2)21-11-13-22(37-3)14-12-21/h4-5,11-14,23-26,33H,1-2,6-10,15-20H2,3H3/t23-,24+,25-,26?,30?/m0/s1. The minimum absolute atomic E-state index is 0.0152. The van der Waals surface area contributed by atoms with Crippen LogP contribution in [0.25, 0.3) is 0 Å². The highest BCUT2D eigenvalue weighted by Crippen LogP contribution is 2.66. The summed E-state index contributed by atoms with van der Waals surface area (Å²) in [5.74, 6) is -1.11. The van der Waals surface area contributed by atoms with Gasteiger partial charge in [-0.2, -0.15) is 0 Å². The number of ether oxygens (including phenoxy) is 2. The second-order valence-electron chi connectivity index (χ2n) is 10.4. The van der Waals surface area contributed by atoms with E-state index in [9.17, 15) is 19.5 Å². The summed E-state index contributed by atoms with van der Waals surface area (Å²) < 4.78 is 10.3. The quantitative estimate of drug-likeness (QED) is 0.198. The van der Waals surface area contributed by atoms with Crippen molar-refractivity contribution in [3.05, 3.63) is 49.6 Å². The molecular weight excluding hydrogens is 516 g/mol. The number of carbonyl (C=O) groups is 3. The Morgan fingerprint density at radius 2 is 1.95 bits per heavy atom. The molecule has 9 heteroatoms. The monoisotopic (exact) mass is 556 g/mol. The fourth-order valence-corrected chi connectivity index (χ4v) is 8.56. The lowest BCUT2D eigenvalue weighted by molar-refractivity contribution is -0.154. The Labute approximate surface area is 235 Å².